The van der Waals surface area contributed by atoms with E-state index in [0.29, 0.717) is 6.10 Å². The lowest BCUT2D eigenvalue weighted by molar-refractivity contribution is 0.0770. The average molecular weight is 265 g/mol. The minimum Gasteiger partial charge on any atom is -0.494 e. The Hall–Kier alpha value is -1.06. The fourth-order valence-electron chi connectivity index (χ4n) is 1.71. The van der Waals surface area contributed by atoms with Gasteiger partial charge in [0.15, 0.2) is 0 Å². The minimum absolute atomic E-state index is 0.326. The van der Waals surface area contributed by atoms with Crippen molar-refractivity contribution in [1.82, 2.24) is 5.32 Å². The molecule has 0 radical (unpaired) electrons. The Morgan fingerprint density at radius 1 is 1.21 bits per heavy atom. The largest absolute Gasteiger partial charge is 0.494 e. The van der Waals surface area contributed by atoms with Crippen molar-refractivity contribution >= 4 is 0 Å². The van der Waals surface area contributed by atoms with Crippen LogP contribution in [-0.4, -0.2) is 25.9 Å². The topological polar surface area (TPSA) is 30.5 Å². The summed E-state index contributed by atoms with van der Waals surface area (Å²) < 4.78 is 11.1. The van der Waals surface area contributed by atoms with Gasteiger partial charge < -0.3 is 14.8 Å². The van der Waals surface area contributed by atoms with Crippen LogP contribution in [0.1, 0.15) is 39.2 Å². The number of rotatable bonds is 10. The van der Waals surface area contributed by atoms with Gasteiger partial charge in [-0.1, -0.05) is 19.1 Å². The fraction of sp³-hybridized carbons (Fsp3) is 0.625. The minimum atomic E-state index is 0.326. The zero-order chi connectivity index (χ0) is 13.9. The molecule has 0 aliphatic carbocycles. The normalized spacial score (nSPS) is 10.9. The predicted molar refractivity (Wildman–Crippen MR) is 79.6 cm³/mol. The summed E-state index contributed by atoms with van der Waals surface area (Å²) in [6.07, 6.45) is 2.41. The molecule has 3 heteroatoms. The Labute approximate surface area is 117 Å². The molecule has 0 saturated carbocycles. The van der Waals surface area contributed by atoms with E-state index in [-0.39, 0.29) is 0 Å². The van der Waals surface area contributed by atoms with Gasteiger partial charge in [0.2, 0.25) is 0 Å². The highest BCUT2D eigenvalue weighted by molar-refractivity contribution is 5.28. The molecule has 0 fully saturated rings. The molecule has 0 bridgehead atoms. The molecule has 0 heterocycles. The quantitative estimate of drug-likeness (QED) is 0.658. The first-order valence-corrected chi connectivity index (χ1v) is 7.26. The zero-order valence-electron chi connectivity index (χ0n) is 12.4. The van der Waals surface area contributed by atoms with Gasteiger partial charge in [0.25, 0.3) is 0 Å². The van der Waals surface area contributed by atoms with Gasteiger partial charge >= 0.3 is 0 Å². The van der Waals surface area contributed by atoms with E-state index in [0.717, 1.165) is 44.9 Å². The second-order valence-electron chi connectivity index (χ2n) is 4.95. The molecule has 0 spiro atoms. The fourth-order valence-corrected chi connectivity index (χ4v) is 1.71. The molecule has 0 saturated heterocycles. The highest BCUT2D eigenvalue weighted by atomic mass is 16.5. The maximum Gasteiger partial charge on any atom is 0.119 e. The molecule has 0 aliphatic rings. The van der Waals surface area contributed by atoms with Crippen molar-refractivity contribution in [1.29, 1.82) is 0 Å². The third kappa shape index (κ3) is 7.85. The van der Waals surface area contributed by atoms with Crippen molar-refractivity contribution in [2.24, 2.45) is 0 Å². The van der Waals surface area contributed by atoms with Crippen molar-refractivity contribution in [3.63, 3.8) is 0 Å². The maximum atomic E-state index is 5.62. The summed E-state index contributed by atoms with van der Waals surface area (Å²) in [6.45, 7) is 9.71. The number of ether oxygens (including phenoxy) is 2. The van der Waals surface area contributed by atoms with Crippen molar-refractivity contribution < 1.29 is 9.47 Å². The lowest BCUT2D eigenvalue weighted by Crippen LogP contribution is -2.17. The molecule has 0 aromatic heterocycles. The molecular formula is C16H27NO2. The summed E-state index contributed by atoms with van der Waals surface area (Å²) in [5.74, 6) is 0.962. The summed E-state index contributed by atoms with van der Waals surface area (Å²) in [6, 6.07) is 8.28. The highest BCUT2D eigenvalue weighted by Gasteiger charge is 1.97. The number of hydrogen-bond acceptors (Lipinski definition) is 3. The van der Waals surface area contributed by atoms with Crippen LogP contribution >= 0.6 is 0 Å². The SMILES string of the molecule is CCCOc1cccc(CNCCCOC(C)C)c1. The molecule has 0 unspecified atom stereocenters. The Morgan fingerprint density at radius 3 is 2.79 bits per heavy atom. The summed E-state index contributed by atoms with van der Waals surface area (Å²) in [5, 5.41) is 3.42. The van der Waals surface area contributed by atoms with Gasteiger partial charge in [-0.05, 0) is 50.9 Å². The lowest BCUT2D eigenvalue weighted by Gasteiger charge is -2.09. The van der Waals surface area contributed by atoms with Gasteiger partial charge in [0, 0.05) is 13.2 Å². The van der Waals surface area contributed by atoms with E-state index < -0.39 is 0 Å². The Kier molecular flexibility index (Phi) is 8.26. The van der Waals surface area contributed by atoms with E-state index in [1.165, 1.54) is 5.56 Å². The van der Waals surface area contributed by atoms with E-state index in [2.05, 4.69) is 38.2 Å². The first-order chi connectivity index (χ1) is 9.22. The van der Waals surface area contributed by atoms with Crippen molar-refractivity contribution in [3.8, 4) is 5.75 Å². The number of benzene rings is 1. The Morgan fingerprint density at radius 2 is 2.05 bits per heavy atom. The maximum absolute atomic E-state index is 5.62. The van der Waals surface area contributed by atoms with Crippen molar-refractivity contribution in [3.05, 3.63) is 29.8 Å². The number of hydrogen-bond donors (Lipinski definition) is 1. The molecule has 1 N–H and O–H groups in total. The van der Waals surface area contributed by atoms with Gasteiger partial charge in [0.05, 0.1) is 12.7 Å². The molecule has 108 valence electrons. The van der Waals surface area contributed by atoms with Gasteiger partial charge in [0.1, 0.15) is 5.75 Å². The van der Waals surface area contributed by atoms with Crippen LogP contribution < -0.4 is 10.1 Å². The number of nitrogens with one attached hydrogen (secondary N) is 1. The molecule has 0 amide bonds. The smallest absolute Gasteiger partial charge is 0.119 e. The van der Waals surface area contributed by atoms with Crippen molar-refractivity contribution in [2.75, 3.05) is 19.8 Å². The van der Waals surface area contributed by atoms with Gasteiger partial charge in [-0.2, -0.15) is 0 Å². The van der Waals surface area contributed by atoms with Crippen LogP contribution in [0.5, 0.6) is 5.75 Å². The van der Waals surface area contributed by atoms with E-state index in [1.54, 1.807) is 0 Å². The first-order valence-electron chi connectivity index (χ1n) is 7.26. The van der Waals surface area contributed by atoms with Crippen LogP contribution in [-0.2, 0) is 11.3 Å². The monoisotopic (exact) mass is 265 g/mol. The standard InChI is InChI=1S/C16H27NO2/c1-4-10-19-16-8-5-7-15(12-16)13-17-9-6-11-18-14(2)3/h5,7-8,12,14,17H,4,6,9-11,13H2,1-3H3. The third-order valence-electron chi connectivity index (χ3n) is 2.65. The summed E-state index contributed by atoms with van der Waals surface area (Å²) in [5.41, 5.74) is 1.26. The first kappa shape index (κ1) is 16.0. The van der Waals surface area contributed by atoms with E-state index >= 15 is 0 Å². The summed E-state index contributed by atoms with van der Waals surface area (Å²) in [4.78, 5) is 0. The van der Waals surface area contributed by atoms with E-state index in [4.69, 9.17) is 9.47 Å². The third-order valence-corrected chi connectivity index (χ3v) is 2.65. The van der Waals surface area contributed by atoms with Gasteiger partial charge in [-0.15, -0.1) is 0 Å². The second-order valence-corrected chi connectivity index (χ2v) is 4.95. The van der Waals surface area contributed by atoms with Crippen LogP contribution in [0.2, 0.25) is 0 Å². The van der Waals surface area contributed by atoms with Crippen LogP contribution in [0.4, 0.5) is 0 Å². The predicted octanol–water partition coefficient (Wildman–Crippen LogP) is 3.38. The second kappa shape index (κ2) is 9.82. The zero-order valence-corrected chi connectivity index (χ0v) is 12.4. The van der Waals surface area contributed by atoms with E-state index in [1.807, 2.05) is 12.1 Å². The summed E-state index contributed by atoms with van der Waals surface area (Å²) in [7, 11) is 0. The van der Waals surface area contributed by atoms with Crippen molar-refractivity contribution in [2.45, 2.75) is 46.3 Å². The average Bonchev–Trinajstić information content (AvgIpc) is 2.40. The molecule has 0 aliphatic heterocycles. The molecule has 3 nitrogen and oxygen atoms in total. The summed E-state index contributed by atoms with van der Waals surface area (Å²) >= 11 is 0. The molecule has 1 rings (SSSR count). The lowest BCUT2D eigenvalue weighted by atomic mass is 10.2. The van der Waals surface area contributed by atoms with Gasteiger partial charge in [-0.3, -0.25) is 0 Å². The highest BCUT2D eigenvalue weighted by Crippen LogP contribution is 2.13. The molecular weight excluding hydrogens is 238 g/mol. The van der Waals surface area contributed by atoms with Crippen LogP contribution in [0, 0.1) is 0 Å². The van der Waals surface area contributed by atoms with Crippen LogP contribution in [0.15, 0.2) is 24.3 Å². The molecule has 19 heavy (non-hydrogen) atoms. The Bertz CT molecular complexity index is 339. The Balaban J connectivity index is 2.18. The van der Waals surface area contributed by atoms with Crippen LogP contribution in [0.25, 0.3) is 0 Å². The van der Waals surface area contributed by atoms with Gasteiger partial charge in [-0.25, -0.2) is 0 Å². The van der Waals surface area contributed by atoms with E-state index in [9.17, 15) is 0 Å². The molecule has 0 atom stereocenters. The van der Waals surface area contributed by atoms with Crippen LogP contribution in [0.3, 0.4) is 0 Å². The molecule has 1 aromatic rings. The molecule has 1 aromatic carbocycles.